The standard InChI is InChI=1S/C22H24FN3O3/c1-3-28-21-8-7-15(23)12-17(21)19-6-5-10-25(19)16-9-11-26-20(13-16)18(14-24-26)22(27)29-4-2/h7-9,11-14,19H,3-6,10H2,1-2H3/t19-/m1/s1. The molecule has 1 aliphatic rings. The Hall–Kier alpha value is -3.09. The van der Waals surface area contributed by atoms with Crippen molar-refractivity contribution in [1.82, 2.24) is 9.61 Å². The van der Waals surface area contributed by atoms with Gasteiger partial charge in [0, 0.05) is 24.0 Å². The highest BCUT2D eigenvalue weighted by molar-refractivity contribution is 5.97. The van der Waals surface area contributed by atoms with Gasteiger partial charge >= 0.3 is 5.97 Å². The van der Waals surface area contributed by atoms with Crippen molar-refractivity contribution >= 4 is 17.2 Å². The quantitative estimate of drug-likeness (QED) is 0.578. The number of hydrogen-bond donors (Lipinski definition) is 0. The fourth-order valence-corrected chi connectivity index (χ4v) is 3.98. The van der Waals surface area contributed by atoms with E-state index in [4.69, 9.17) is 9.47 Å². The highest BCUT2D eigenvalue weighted by Crippen LogP contribution is 2.40. The van der Waals surface area contributed by atoms with Gasteiger partial charge in [0.2, 0.25) is 0 Å². The number of pyridine rings is 1. The van der Waals surface area contributed by atoms with Crippen molar-refractivity contribution in [2.24, 2.45) is 0 Å². The van der Waals surface area contributed by atoms with Crippen LogP contribution in [0, 0.1) is 5.82 Å². The van der Waals surface area contributed by atoms with Gasteiger partial charge in [-0.3, -0.25) is 0 Å². The molecule has 1 aromatic carbocycles. The van der Waals surface area contributed by atoms with Crippen LogP contribution in [0.5, 0.6) is 5.75 Å². The minimum Gasteiger partial charge on any atom is -0.494 e. The highest BCUT2D eigenvalue weighted by atomic mass is 19.1. The summed E-state index contributed by atoms with van der Waals surface area (Å²) in [5, 5.41) is 4.24. The van der Waals surface area contributed by atoms with Gasteiger partial charge in [0.05, 0.1) is 31.0 Å². The first-order valence-electron chi connectivity index (χ1n) is 9.95. The number of hydrogen-bond acceptors (Lipinski definition) is 5. The maximum Gasteiger partial charge on any atom is 0.341 e. The zero-order chi connectivity index (χ0) is 20.4. The molecule has 3 heterocycles. The molecule has 0 unspecified atom stereocenters. The van der Waals surface area contributed by atoms with Gasteiger partial charge < -0.3 is 14.4 Å². The van der Waals surface area contributed by atoms with Crippen molar-refractivity contribution in [2.45, 2.75) is 32.7 Å². The zero-order valence-corrected chi connectivity index (χ0v) is 16.6. The van der Waals surface area contributed by atoms with Crippen LogP contribution >= 0.6 is 0 Å². The van der Waals surface area contributed by atoms with E-state index in [1.54, 1.807) is 23.6 Å². The maximum absolute atomic E-state index is 14.0. The smallest absolute Gasteiger partial charge is 0.341 e. The molecule has 2 aromatic heterocycles. The van der Waals surface area contributed by atoms with Gasteiger partial charge in [0.15, 0.2) is 0 Å². The molecule has 0 aliphatic carbocycles. The number of nitrogens with zero attached hydrogens (tertiary/aromatic N) is 3. The summed E-state index contributed by atoms with van der Waals surface area (Å²) in [7, 11) is 0. The van der Waals surface area contributed by atoms with Crippen LogP contribution in [0.1, 0.15) is 48.7 Å². The summed E-state index contributed by atoms with van der Waals surface area (Å²) in [6.07, 6.45) is 5.25. The number of fused-ring (bicyclic) bond motifs is 1. The number of carbonyl (C=O) groups excluding carboxylic acids is 1. The Morgan fingerprint density at radius 2 is 2.10 bits per heavy atom. The van der Waals surface area contributed by atoms with E-state index in [1.165, 1.54) is 12.3 Å². The molecule has 4 rings (SSSR count). The van der Waals surface area contributed by atoms with Crippen LogP contribution in [0.25, 0.3) is 5.52 Å². The highest BCUT2D eigenvalue weighted by Gasteiger charge is 2.29. The van der Waals surface area contributed by atoms with Crippen molar-refractivity contribution in [3.05, 3.63) is 59.7 Å². The average molecular weight is 397 g/mol. The molecule has 0 amide bonds. The van der Waals surface area contributed by atoms with Crippen molar-refractivity contribution in [3.8, 4) is 5.75 Å². The predicted octanol–water partition coefficient (Wildman–Crippen LogP) is 4.39. The lowest BCUT2D eigenvalue weighted by molar-refractivity contribution is 0.0528. The number of benzene rings is 1. The Morgan fingerprint density at radius 1 is 1.24 bits per heavy atom. The van der Waals surface area contributed by atoms with Crippen molar-refractivity contribution in [1.29, 1.82) is 0 Å². The SMILES string of the molecule is CCOC(=O)c1cnn2ccc(N3CCC[C@@H]3c3cc(F)ccc3OCC)cc12. The molecule has 152 valence electrons. The molecular formula is C22H24FN3O3. The molecule has 0 bridgehead atoms. The Bertz CT molecular complexity index is 1030. The van der Waals surface area contributed by atoms with E-state index < -0.39 is 0 Å². The van der Waals surface area contributed by atoms with Crippen LogP contribution < -0.4 is 9.64 Å². The minimum absolute atomic E-state index is 0.00339. The molecule has 29 heavy (non-hydrogen) atoms. The van der Waals surface area contributed by atoms with Gasteiger partial charge in [-0.1, -0.05) is 0 Å². The van der Waals surface area contributed by atoms with Crippen LogP contribution in [-0.4, -0.2) is 35.3 Å². The first-order chi connectivity index (χ1) is 14.1. The van der Waals surface area contributed by atoms with Crippen LogP contribution in [-0.2, 0) is 4.74 Å². The lowest BCUT2D eigenvalue weighted by atomic mass is 10.0. The molecule has 7 heteroatoms. The van der Waals surface area contributed by atoms with E-state index in [-0.39, 0.29) is 17.8 Å². The zero-order valence-electron chi connectivity index (χ0n) is 16.6. The van der Waals surface area contributed by atoms with Gasteiger partial charge in [-0.2, -0.15) is 5.10 Å². The second kappa shape index (κ2) is 8.11. The molecule has 1 saturated heterocycles. The summed E-state index contributed by atoms with van der Waals surface area (Å²) in [6.45, 7) is 5.37. The van der Waals surface area contributed by atoms with E-state index in [2.05, 4.69) is 10.00 Å². The van der Waals surface area contributed by atoms with E-state index >= 15 is 0 Å². The topological polar surface area (TPSA) is 56.1 Å². The maximum atomic E-state index is 14.0. The second-order valence-corrected chi connectivity index (χ2v) is 6.96. The summed E-state index contributed by atoms with van der Waals surface area (Å²) in [6, 6.07) is 8.60. The third-order valence-electron chi connectivity index (χ3n) is 5.22. The fraction of sp³-hybridized carbons (Fsp3) is 0.364. The first kappa shape index (κ1) is 19.2. The summed E-state index contributed by atoms with van der Waals surface area (Å²) in [5.74, 6) is 0.0518. The number of aromatic nitrogens is 2. The molecule has 0 spiro atoms. The Kier molecular flexibility index (Phi) is 5.38. The predicted molar refractivity (Wildman–Crippen MR) is 108 cm³/mol. The molecule has 1 fully saturated rings. The second-order valence-electron chi connectivity index (χ2n) is 6.96. The van der Waals surface area contributed by atoms with Crippen LogP contribution in [0.4, 0.5) is 10.1 Å². The molecular weight excluding hydrogens is 373 g/mol. The van der Waals surface area contributed by atoms with Gasteiger partial charge in [0.25, 0.3) is 0 Å². The van der Waals surface area contributed by atoms with Gasteiger partial charge in [-0.15, -0.1) is 0 Å². The number of carbonyl (C=O) groups is 1. The van der Waals surface area contributed by atoms with Gasteiger partial charge in [0.1, 0.15) is 17.1 Å². The Balaban J connectivity index is 1.72. The average Bonchev–Trinajstić information content (AvgIpc) is 3.36. The summed E-state index contributed by atoms with van der Waals surface area (Å²) < 4.78 is 26.6. The fourth-order valence-electron chi connectivity index (χ4n) is 3.98. The Morgan fingerprint density at radius 3 is 2.90 bits per heavy atom. The summed E-state index contributed by atoms with van der Waals surface area (Å²) in [5.41, 5.74) is 2.93. The molecule has 0 N–H and O–H groups in total. The summed E-state index contributed by atoms with van der Waals surface area (Å²) in [4.78, 5) is 14.5. The molecule has 0 radical (unpaired) electrons. The minimum atomic E-state index is -0.388. The van der Waals surface area contributed by atoms with Crippen molar-refractivity contribution in [2.75, 3.05) is 24.7 Å². The molecule has 1 aliphatic heterocycles. The van der Waals surface area contributed by atoms with E-state index in [1.807, 2.05) is 25.3 Å². The third kappa shape index (κ3) is 3.64. The van der Waals surface area contributed by atoms with Gasteiger partial charge in [-0.05, 0) is 57.0 Å². The normalized spacial score (nSPS) is 16.4. The molecule has 1 atom stereocenters. The number of halogens is 1. The monoisotopic (exact) mass is 397 g/mol. The number of anilines is 1. The number of ether oxygens (including phenoxy) is 2. The number of esters is 1. The van der Waals surface area contributed by atoms with Crippen LogP contribution in [0.2, 0.25) is 0 Å². The largest absolute Gasteiger partial charge is 0.494 e. The van der Waals surface area contributed by atoms with Crippen LogP contribution in [0.3, 0.4) is 0 Å². The molecule has 3 aromatic rings. The van der Waals surface area contributed by atoms with E-state index in [0.717, 1.165) is 30.6 Å². The van der Waals surface area contributed by atoms with Gasteiger partial charge in [-0.25, -0.2) is 13.7 Å². The van der Waals surface area contributed by atoms with Crippen molar-refractivity contribution < 1.29 is 18.7 Å². The van der Waals surface area contributed by atoms with Crippen LogP contribution in [0.15, 0.2) is 42.7 Å². The molecule has 6 nitrogen and oxygen atoms in total. The lowest BCUT2D eigenvalue weighted by Crippen LogP contribution is -2.23. The lowest BCUT2D eigenvalue weighted by Gasteiger charge is -2.28. The Labute approximate surface area is 168 Å². The number of rotatable bonds is 6. The van der Waals surface area contributed by atoms with E-state index in [0.29, 0.717) is 30.0 Å². The third-order valence-corrected chi connectivity index (χ3v) is 5.22. The van der Waals surface area contributed by atoms with Crippen molar-refractivity contribution in [3.63, 3.8) is 0 Å². The van der Waals surface area contributed by atoms with E-state index in [9.17, 15) is 9.18 Å². The summed E-state index contributed by atoms with van der Waals surface area (Å²) >= 11 is 0. The first-order valence-corrected chi connectivity index (χ1v) is 9.95. The molecule has 0 saturated carbocycles.